The van der Waals surface area contributed by atoms with Gasteiger partial charge in [-0.3, -0.25) is 0 Å². The predicted molar refractivity (Wildman–Crippen MR) is 219 cm³/mol. The number of hydrogen-bond acceptors (Lipinski definition) is 2. The molecule has 4 aliphatic carbocycles. The third-order valence-electron chi connectivity index (χ3n) is 12.8. The molecule has 7 aromatic carbocycles. The van der Waals surface area contributed by atoms with Crippen LogP contribution in [-0.4, -0.2) is 9.97 Å². The van der Waals surface area contributed by atoms with Crippen molar-refractivity contribution in [3.63, 3.8) is 0 Å². The third kappa shape index (κ3) is 3.60. The molecule has 0 bridgehead atoms. The van der Waals surface area contributed by atoms with Gasteiger partial charge in [0, 0.05) is 28.3 Å². The smallest absolute Gasteiger partial charge is 0.160 e. The molecule has 1 spiro atoms. The van der Waals surface area contributed by atoms with Crippen LogP contribution >= 0.6 is 0 Å². The van der Waals surface area contributed by atoms with Crippen LogP contribution in [0.2, 0.25) is 0 Å². The largest absolute Gasteiger partial charge is 0.228 e. The highest BCUT2D eigenvalue weighted by Gasteiger charge is 2.62. The van der Waals surface area contributed by atoms with E-state index in [4.69, 9.17) is 9.97 Å². The summed E-state index contributed by atoms with van der Waals surface area (Å²) in [7, 11) is 0. The van der Waals surface area contributed by atoms with Crippen LogP contribution in [0.1, 0.15) is 50.4 Å². The fourth-order valence-corrected chi connectivity index (χ4v) is 11.0. The zero-order valence-electron chi connectivity index (χ0n) is 29.5. The fraction of sp³-hybridized carbons (Fsp3) is 0.0769. The van der Waals surface area contributed by atoms with Crippen LogP contribution in [-0.2, 0) is 10.8 Å². The number of para-hydroxylation sites is 1. The summed E-state index contributed by atoms with van der Waals surface area (Å²) >= 11 is 0. The average molecular weight is 687 g/mol. The lowest BCUT2D eigenvalue weighted by molar-refractivity contribution is 0.433. The molecule has 0 aliphatic heterocycles. The minimum atomic E-state index is -0.446. The second-order valence-electron chi connectivity index (χ2n) is 15.1. The van der Waals surface area contributed by atoms with Crippen molar-refractivity contribution >= 4 is 10.9 Å². The molecule has 0 amide bonds. The van der Waals surface area contributed by atoms with Crippen LogP contribution < -0.4 is 0 Å². The van der Waals surface area contributed by atoms with Crippen molar-refractivity contribution in [2.75, 3.05) is 0 Å². The second kappa shape index (κ2) is 10.9. The lowest BCUT2D eigenvalue weighted by Crippen LogP contribution is -2.46. The SMILES string of the molecule is C1=CC2c3c(-c4nc(-c5ccccc5)c5ccccc5n4)cccc3[C@]3(c4ccccc4C4(c5ccccc5)c5ccccc5-c5cccc3c54)C2C=C1. The summed E-state index contributed by atoms with van der Waals surface area (Å²) in [6.07, 6.45) is 9.43. The summed E-state index contributed by atoms with van der Waals surface area (Å²) < 4.78 is 0. The average Bonchev–Trinajstić information content (AvgIpc) is 3.73. The van der Waals surface area contributed by atoms with Crippen molar-refractivity contribution in [1.29, 1.82) is 0 Å². The molecule has 0 N–H and O–H groups in total. The topological polar surface area (TPSA) is 25.8 Å². The van der Waals surface area contributed by atoms with E-state index < -0.39 is 10.8 Å². The standard InChI is InChI=1S/C52H34N2/c1-3-17-33(18-4-1)49-38-23-9-14-32-46(38)53-50(54-49)39-25-16-30-44-47(39)37-22-8-11-27-41(37)52(44)43-29-13-12-28-42(43)51(34-19-5-2-6-20-34)40-26-10-7-21-35(40)36-24-15-31-45(52)48(36)51/h1-32,37,41H/t37?,41?,51?,52-/m1/s1. The van der Waals surface area contributed by atoms with Crippen molar-refractivity contribution < 1.29 is 0 Å². The molecule has 2 nitrogen and oxygen atoms in total. The van der Waals surface area contributed by atoms with Gasteiger partial charge >= 0.3 is 0 Å². The summed E-state index contributed by atoms with van der Waals surface area (Å²) in [5.41, 5.74) is 16.8. The minimum absolute atomic E-state index is 0.133. The Labute approximate surface area is 314 Å². The Hall–Kier alpha value is -6.64. The number of allylic oxidation sites excluding steroid dienone is 4. The normalized spacial score (nSPS) is 22.1. The van der Waals surface area contributed by atoms with E-state index in [9.17, 15) is 0 Å². The second-order valence-corrected chi connectivity index (χ2v) is 15.1. The van der Waals surface area contributed by atoms with Crippen LogP contribution in [0.5, 0.6) is 0 Å². The van der Waals surface area contributed by atoms with E-state index >= 15 is 0 Å². The molecular weight excluding hydrogens is 653 g/mol. The first kappa shape index (κ1) is 29.9. The highest BCUT2D eigenvalue weighted by molar-refractivity contribution is 5.95. The first-order chi connectivity index (χ1) is 26.8. The highest BCUT2D eigenvalue weighted by atomic mass is 14.9. The van der Waals surface area contributed by atoms with Crippen molar-refractivity contribution in [2.24, 2.45) is 5.92 Å². The van der Waals surface area contributed by atoms with Gasteiger partial charge in [-0.15, -0.1) is 0 Å². The van der Waals surface area contributed by atoms with Gasteiger partial charge in [-0.25, -0.2) is 9.97 Å². The van der Waals surface area contributed by atoms with Crippen molar-refractivity contribution in [3.05, 3.63) is 239 Å². The van der Waals surface area contributed by atoms with Gasteiger partial charge in [0.05, 0.1) is 22.0 Å². The Bertz CT molecular complexity index is 2900. The van der Waals surface area contributed by atoms with E-state index in [2.05, 4.69) is 194 Å². The number of rotatable bonds is 3. The third-order valence-corrected chi connectivity index (χ3v) is 12.8. The maximum Gasteiger partial charge on any atom is 0.160 e. The van der Waals surface area contributed by atoms with Gasteiger partial charge < -0.3 is 0 Å². The lowest BCUT2D eigenvalue weighted by Gasteiger charge is -2.50. The van der Waals surface area contributed by atoms with E-state index in [0.29, 0.717) is 0 Å². The van der Waals surface area contributed by atoms with Gasteiger partial charge in [0.1, 0.15) is 0 Å². The van der Waals surface area contributed by atoms with Crippen molar-refractivity contribution in [3.8, 4) is 33.8 Å². The maximum absolute atomic E-state index is 5.44. The van der Waals surface area contributed by atoms with Gasteiger partial charge in [-0.1, -0.05) is 188 Å². The molecule has 12 rings (SSSR count). The molecule has 0 saturated heterocycles. The van der Waals surface area contributed by atoms with E-state index in [1.165, 1.54) is 55.6 Å². The van der Waals surface area contributed by atoms with Crippen LogP contribution in [0.4, 0.5) is 0 Å². The molecule has 3 unspecified atom stereocenters. The van der Waals surface area contributed by atoms with Crippen molar-refractivity contribution in [2.45, 2.75) is 16.7 Å². The van der Waals surface area contributed by atoms with Crippen LogP contribution in [0.25, 0.3) is 44.7 Å². The quantitative estimate of drug-likeness (QED) is 0.185. The van der Waals surface area contributed by atoms with Crippen LogP contribution in [0.3, 0.4) is 0 Å². The van der Waals surface area contributed by atoms with Crippen LogP contribution in [0, 0.1) is 5.92 Å². The molecule has 4 aliphatic rings. The summed E-state index contributed by atoms with van der Waals surface area (Å²) in [6, 6.07) is 62.7. The Morgan fingerprint density at radius 2 is 1.07 bits per heavy atom. The monoisotopic (exact) mass is 686 g/mol. The van der Waals surface area contributed by atoms with E-state index in [1.54, 1.807) is 0 Å². The van der Waals surface area contributed by atoms with Gasteiger partial charge in [0.15, 0.2) is 5.82 Å². The molecule has 8 aromatic rings. The molecule has 0 radical (unpaired) electrons. The summed E-state index contributed by atoms with van der Waals surface area (Å²) in [4.78, 5) is 10.8. The minimum Gasteiger partial charge on any atom is -0.228 e. The van der Waals surface area contributed by atoms with E-state index in [1.807, 2.05) is 0 Å². The predicted octanol–water partition coefficient (Wildman–Crippen LogP) is 11.8. The number of aromatic nitrogens is 2. The van der Waals surface area contributed by atoms with E-state index in [-0.39, 0.29) is 11.8 Å². The number of nitrogens with zero attached hydrogens (tertiary/aromatic N) is 2. The molecule has 4 atom stereocenters. The number of fused-ring (bicyclic) bond motifs is 13. The fourth-order valence-electron chi connectivity index (χ4n) is 11.0. The number of hydrogen-bond donors (Lipinski definition) is 0. The molecule has 1 aromatic heterocycles. The zero-order valence-corrected chi connectivity index (χ0v) is 29.5. The van der Waals surface area contributed by atoms with Gasteiger partial charge in [0.2, 0.25) is 0 Å². The molecule has 1 heterocycles. The summed E-state index contributed by atoms with van der Waals surface area (Å²) in [5.74, 6) is 1.06. The first-order valence-electron chi connectivity index (χ1n) is 19.0. The number of benzene rings is 7. The molecule has 2 heteroatoms. The Kier molecular flexibility index (Phi) is 6.06. The van der Waals surface area contributed by atoms with Crippen molar-refractivity contribution in [1.82, 2.24) is 9.97 Å². The molecule has 252 valence electrons. The van der Waals surface area contributed by atoms with Gasteiger partial charge in [-0.2, -0.15) is 0 Å². The van der Waals surface area contributed by atoms with Gasteiger partial charge in [0.25, 0.3) is 0 Å². The zero-order chi connectivity index (χ0) is 35.4. The highest BCUT2D eigenvalue weighted by Crippen LogP contribution is 2.70. The maximum atomic E-state index is 5.44. The van der Waals surface area contributed by atoms with Crippen LogP contribution in [0.15, 0.2) is 194 Å². The van der Waals surface area contributed by atoms with E-state index in [0.717, 1.165) is 33.5 Å². The molecule has 0 fully saturated rings. The summed E-state index contributed by atoms with van der Waals surface area (Å²) in [5, 5.41) is 1.06. The van der Waals surface area contributed by atoms with Gasteiger partial charge in [-0.05, 0) is 61.7 Å². The Balaban J connectivity index is 1.21. The Morgan fingerprint density at radius 1 is 0.444 bits per heavy atom. The first-order valence-corrected chi connectivity index (χ1v) is 19.0. The Morgan fingerprint density at radius 3 is 1.93 bits per heavy atom. The molecule has 54 heavy (non-hydrogen) atoms. The molecule has 0 saturated carbocycles. The summed E-state index contributed by atoms with van der Waals surface area (Å²) in [6.45, 7) is 0. The molecular formula is C52H34N2. The lowest BCUT2D eigenvalue weighted by atomic mass is 9.51.